The maximum absolute atomic E-state index is 3.67. The molecule has 1 aromatic heterocycles. The molecule has 0 aliphatic carbocycles. The van der Waals surface area contributed by atoms with Gasteiger partial charge in [-0.05, 0) is 44.0 Å². The maximum atomic E-state index is 3.67. The van der Waals surface area contributed by atoms with Crippen LogP contribution >= 0.6 is 15.9 Å². The zero-order valence-corrected chi connectivity index (χ0v) is 12.5. The van der Waals surface area contributed by atoms with Crippen LogP contribution < -0.4 is 0 Å². The Labute approximate surface area is 116 Å². The van der Waals surface area contributed by atoms with Gasteiger partial charge in [0.2, 0.25) is 0 Å². The van der Waals surface area contributed by atoms with Gasteiger partial charge in [-0.25, -0.2) is 0 Å². The first-order valence-corrected chi connectivity index (χ1v) is 7.11. The minimum absolute atomic E-state index is 1.00. The smallest absolute Gasteiger partial charge is 0.0535 e. The lowest BCUT2D eigenvalue weighted by Crippen LogP contribution is -1.95. The number of para-hydroxylation sites is 1. The summed E-state index contributed by atoms with van der Waals surface area (Å²) in [6, 6.07) is 10.9. The summed E-state index contributed by atoms with van der Waals surface area (Å²) in [6.45, 7) is 7.60. The Morgan fingerprint density at radius 2 is 1.89 bits per heavy atom. The summed E-state index contributed by atoms with van der Waals surface area (Å²) in [5.74, 6) is 0. The van der Waals surface area contributed by atoms with E-state index in [-0.39, 0.29) is 0 Å². The van der Waals surface area contributed by atoms with Gasteiger partial charge in [-0.3, -0.25) is 0 Å². The van der Waals surface area contributed by atoms with Crippen LogP contribution in [0.25, 0.3) is 21.8 Å². The number of hydrogen-bond donors (Lipinski definition) is 0. The summed E-state index contributed by atoms with van der Waals surface area (Å²) >= 11 is 3.67. The Kier molecular flexibility index (Phi) is 2.70. The molecule has 0 spiro atoms. The predicted molar refractivity (Wildman–Crippen MR) is 82.3 cm³/mol. The standard InChI is InChI=1S/C16H16BrN/c1-4-18-14-8-6-5-7-12(14)15-10(2)9-13(17)11(3)16(15)18/h5-9H,4H2,1-3H3. The highest BCUT2D eigenvalue weighted by atomic mass is 79.9. The summed E-state index contributed by atoms with van der Waals surface area (Å²) in [5.41, 5.74) is 5.37. The third-order valence-electron chi connectivity index (χ3n) is 3.74. The predicted octanol–water partition coefficient (Wildman–Crippen LogP) is 5.19. The summed E-state index contributed by atoms with van der Waals surface area (Å²) in [7, 11) is 0. The largest absolute Gasteiger partial charge is 0.340 e. The fourth-order valence-electron chi connectivity index (χ4n) is 2.90. The molecule has 0 unspecified atom stereocenters. The number of aryl methyl sites for hydroxylation is 3. The van der Waals surface area contributed by atoms with Crippen LogP contribution in [0.2, 0.25) is 0 Å². The topological polar surface area (TPSA) is 4.93 Å². The monoisotopic (exact) mass is 301 g/mol. The fourth-order valence-corrected chi connectivity index (χ4v) is 3.44. The molecule has 0 saturated heterocycles. The van der Waals surface area contributed by atoms with Crippen molar-refractivity contribution in [1.82, 2.24) is 4.57 Å². The van der Waals surface area contributed by atoms with Crippen molar-refractivity contribution in [2.24, 2.45) is 0 Å². The second-order valence-corrected chi connectivity index (χ2v) is 5.64. The van der Waals surface area contributed by atoms with Crippen molar-refractivity contribution in [2.75, 3.05) is 0 Å². The molecule has 0 aliphatic rings. The molecule has 0 amide bonds. The lowest BCUT2D eigenvalue weighted by Gasteiger charge is -2.08. The van der Waals surface area contributed by atoms with Gasteiger partial charge in [0, 0.05) is 27.3 Å². The molecular formula is C16H16BrN. The highest BCUT2D eigenvalue weighted by molar-refractivity contribution is 9.10. The van der Waals surface area contributed by atoms with Crippen LogP contribution in [0, 0.1) is 13.8 Å². The van der Waals surface area contributed by atoms with E-state index in [1.807, 2.05) is 0 Å². The van der Waals surface area contributed by atoms with Gasteiger partial charge in [-0.1, -0.05) is 34.1 Å². The van der Waals surface area contributed by atoms with Crippen LogP contribution in [0.3, 0.4) is 0 Å². The maximum Gasteiger partial charge on any atom is 0.0535 e. The second-order valence-electron chi connectivity index (χ2n) is 4.79. The Morgan fingerprint density at radius 1 is 1.17 bits per heavy atom. The highest BCUT2D eigenvalue weighted by Gasteiger charge is 2.14. The lowest BCUT2D eigenvalue weighted by molar-refractivity contribution is 0.824. The number of aromatic nitrogens is 1. The molecule has 0 fully saturated rings. The van der Waals surface area contributed by atoms with Crippen LogP contribution in [0.1, 0.15) is 18.1 Å². The molecule has 3 aromatic rings. The molecule has 3 rings (SSSR count). The van der Waals surface area contributed by atoms with Crippen molar-refractivity contribution in [1.29, 1.82) is 0 Å². The molecular weight excluding hydrogens is 286 g/mol. The van der Waals surface area contributed by atoms with Crippen LogP contribution in [0.5, 0.6) is 0 Å². The first kappa shape index (κ1) is 11.8. The molecule has 18 heavy (non-hydrogen) atoms. The number of hydrogen-bond acceptors (Lipinski definition) is 0. The van der Waals surface area contributed by atoms with E-state index in [1.165, 1.54) is 37.4 Å². The Hall–Kier alpha value is -1.28. The normalized spacial score (nSPS) is 11.6. The van der Waals surface area contributed by atoms with Crippen molar-refractivity contribution >= 4 is 37.7 Å². The van der Waals surface area contributed by atoms with Gasteiger partial charge in [0.15, 0.2) is 0 Å². The quantitative estimate of drug-likeness (QED) is 0.582. The zero-order valence-electron chi connectivity index (χ0n) is 10.9. The Morgan fingerprint density at radius 3 is 2.61 bits per heavy atom. The van der Waals surface area contributed by atoms with E-state index in [1.54, 1.807) is 0 Å². The van der Waals surface area contributed by atoms with Gasteiger partial charge < -0.3 is 4.57 Å². The van der Waals surface area contributed by atoms with Gasteiger partial charge in [0.05, 0.1) is 5.52 Å². The first-order valence-electron chi connectivity index (χ1n) is 6.31. The van der Waals surface area contributed by atoms with E-state index >= 15 is 0 Å². The van der Waals surface area contributed by atoms with Crippen LogP contribution in [0.4, 0.5) is 0 Å². The van der Waals surface area contributed by atoms with Crippen LogP contribution in [-0.2, 0) is 6.54 Å². The molecule has 1 nitrogen and oxygen atoms in total. The second kappa shape index (κ2) is 4.13. The van der Waals surface area contributed by atoms with E-state index in [9.17, 15) is 0 Å². The molecule has 0 atom stereocenters. The molecule has 0 aliphatic heterocycles. The molecule has 92 valence electrons. The SMILES string of the molecule is CCn1c2ccccc2c2c(C)cc(Br)c(C)c21. The number of benzene rings is 2. The highest BCUT2D eigenvalue weighted by Crippen LogP contribution is 2.36. The summed E-state index contributed by atoms with van der Waals surface area (Å²) in [5, 5.41) is 2.76. The van der Waals surface area contributed by atoms with E-state index in [0.29, 0.717) is 0 Å². The van der Waals surface area contributed by atoms with E-state index in [0.717, 1.165) is 6.54 Å². The molecule has 0 radical (unpaired) electrons. The zero-order chi connectivity index (χ0) is 12.9. The fraction of sp³-hybridized carbons (Fsp3) is 0.250. The third-order valence-corrected chi connectivity index (χ3v) is 4.56. The minimum Gasteiger partial charge on any atom is -0.340 e. The number of nitrogens with zero attached hydrogens (tertiary/aromatic N) is 1. The van der Waals surface area contributed by atoms with E-state index < -0.39 is 0 Å². The van der Waals surface area contributed by atoms with Crippen molar-refractivity contribution < 1.29 is 0 Å². The molecule has 1 heterocycles. The average Bonchev–Trinajstić information content (AvgIpc) is 2.70. The molecule has 0 saturated carbocycles. The first-order chi connectivity index (χ1) is 8.65. The number of halogens is 1. The van der Waals surface area contributed by atoms with Gasteiger partial charge in [0.1, 0.15) is 0 Å². The lowest BCUT2D eigenvalue weighted by atomic mass is 10.0. The number of fused-ring (bicyclic) bond motifs is 3. The molecule has 0 bridgehead atoms. The van der Waals surface area contributed by atoms with Crippen LogP contribution in [0.15, 0.2) is 34.8 Å². The van der Waals surface area contributed by atoms with Gasteiger partial charge in [-0.2, -0.15) is 0 Å². The summed E-state index contributed by atoms with van der Waals surface area (Å²) in [6.07, 6.45) is 0. The Balaban J connectivity index is 2.68. The molecule has 2 heteroatoms. The van der Waals surface area contributed by atoms with Crippen molar-refractivity contribution in [3.63, 3.8) is 0 Å². The summed E-state index contributed by atoms with van der Waals surface area (Å²) < 4.78 is 3.61. The van der Waals surface area contributed by atoms with E-state index in [4.69, 9.17) is 0 Å². The van der Waals surface area contributed by atoms with E-state index in [2.05, 4.69) is 71.6 Å². The third kappa shape index (κ3) is 1.45. The van der Waals surface area contributed by atoms with Gasteiger partial charge in [-0.15, -0.1) is 0 Å². The van der Waals surface area contributed by atoms with Crippen molar-refractivity contribution in [3.05, 3.63) is 45.9 Å². The number of rotatable bonds is 1. The van der Waals surface area contributed by atoms with Crippen molar-refractivity contribution in [3.8, 4) is 0 Å². The van der Waals surface area contributed by atoms with Crippen LogP contribution in [-0.4, -0.2) is 4.57 Å². The average molecular weight is 302 g/mol. The molecule has 0 N–H and O–H groups in total. The summed E-state index contributed by atoms with van der Waals surface area (Å²) in [4.78, 5) is 0. The Bertz CT molecular complexity index is 753. The van der Waals surface area contributed by atoms with Crippen molar-refractivity contribution in [2.45, 2.75) is 27.3 Å². The minimum atomic E-state index is 1.00. The van der Waals surface area contributed by atoms with Gasteiger partial charge >= 0.3 is 0 Å². The molecule has 2 aromatic carbocycles. The van der Waals surface area contributed by atoms with Gasteiger partial charge in [0.25, 0.3) is 0 Å².